The van der Waals surface area contributed by atoms with Crippen molar-refractivity contribution < 1.29 is 32.3 Å². The number of amides is 1. The number of likely N-dealkylation sites (N-methyl/N-ethyl adjacent to an activating group) is 1. The summed E-state index contributed by atoms with van der Waals surface area (Å²) in [6.45, 7) is -2.30. The number of nitrogens with zero attached hydrogens (tertiary/aromatic N) is 6. The van der Waals surface area contributed by atoms with Gasteiger partial charge in [-0.05, 0) is 18.2 Å². The number of alkyl halides is 2. The molecule has 6 rings (SSSR count). The van der Waals surface area contributed by atoms with E-state index in [0.717, 1.165) is 5.70 Å². The molecule has 15 heteroatoms. The van der Waals surface area contributed by atoms with E-state index in [-0.39, 0.29) is 23.5 Å². The Labute approximate surface area is 228 Å². The number of rotatable bonds is 4. The summed E-state index contributed by atoms with van der Waals surface area (Å²) >= 11 is 7.86. The molecule has 5 heterocycles. The molecule has 1 aromatic carbocycles. The van der Waals surface area contributed by atoms with Gasteiger partial charge in [-0.15, -0.1) is 11.3 Å². The average Bonchev–Trinajstić information content (AvgIpc) is 3.69. The lowest BCUT2D eigenvalue weighted by Crippen LogP contribution is -2.47. The van der Waals surface area contributed by atoms with Crippen LogP contribution in [0.4, 0.5) is 18.0 Å². The fourth-order valence-electron chi connectivity index (χ4n) is 4.95. The first-order valence-corrected chi connectivity index (χ1v) is 12.6. The smallest absolute Gasteiger partial charge is 0.410 e. The normalized spacial score (nSPS) is 22.1. The maximum Gasteiger partial charge on any atom is 0.410 e. The first-order valence-electron chi connectivity index (χ1n) is 11.4. The summed E-state index contributed by atoms with van der Waals surface area (Å²) in [6.07, 6.45) is 3.03. The summed E-state index contributed by atoms with van der Waals surface area (Å²) in [5.74, 6) is 0.0385. The maximum atomic E-state index is 13.9. The van der Waals surface area contributed by atoms with Crippen molar-refractivity contribution in [3.05, 3.63) is 74.8 Å². The minimum atomic E-state index is -2.83. The summed E-state index contributed by atoms with van der Waals surface area (Å²) in [6, 6.07) is 4.72. The molecule has 0 aliphatic carbocycles. The lowest BCUT2D eigenvalue weighted by molar-refractivity contribution is -0.191. The number of aromatic nitrogens is 3. The summed E-state index contributed by atoms with van der Waals surface area (Å²) in [5.41, 5.74) is 1.38. The van der Waals surface area contributed by atoms with Crippen LogP contribution in [-0.2, 0) is 14.3 Å². The van der Waals surface area contributed by atoms with Crippen molar-refractivity contribution in [2.45, 2.75) is 24.6 Å². The van der Waals surface area contributed by atoms with Crippen molar-refractivity contribution in [3.63, 3.8) is 0 Å². The lowest BCUT2D eigenvalue weighted by atomic mass is 9.90. The monoisotopic (exact) mass is 578 g/mol. The Morgan fingerprint density at radius 2 is 2.05 bits per heavy atom. The van der Waals surface area contributed by atoms with Gasteiger partial charge in [0.25, 0.3) is 0 Å². The zero-order valence-corrected chi connectivity index (χ0v) is 21.6. The van der Waals surface area contributed by atoms with E-state index in [1.54, 1.807) is 18.1 Å². The van der Waals surface area contributed by atoms with Crippen LogP contribution in [0.15, 0.2) is 52.7 Å². The molecule has 1 amide bonds. The number of aliphatic imine (C=N–C) groups is 1. The van der Waals surface area contributed by atoms with Crippen LogP contribution in [0.25, 0.3) is 5.57 Å². The van der Waals surface area contributed by atoms with Crippen LogP contribution in [0.3, 0.4) is 0 Å². The van der Waals surface area contributed by atoms with Gasteiger partial charge >= 0.3 is 18.8 Å². The van der Waals surface area contributed by atoms with Gasteiger partial charge in [-0.25, -0.2) is 18.9 Å². The number of amidine groups is 1. The predicted molar refractivity (Wildman–Crippen MR) is 131 cm³/mol. The quantitative estimate of drug-likeness (QED) is 0.452. The molecule has 0 radical (unpaired) electrons. The molecule has 0 unspecified atom stereocenters. The molecule has 2 fully saturated rings. The Balaban J connectivity index is 0.000000983. The standard InChI is InChI=1S/C23H18ClF3N6O2S.CO2/c1-31-22(34)35-11-23(31)9-16-17(15-4-6-33(30-15)21(26)27)18(13-3-2-12(25)8-14(13)24)29-19(32(16)10-23)20-28-5-7-36-20;2-1-3/h2-8,18,21H,9-11H2,1H3;/t18-,23-;/m0./s1. The lowest BCUT2D eigenvalue weighted by Gasteiger charge is -2.32. The Bertz CT molecular complexity index is 1520. The molecule has 3 aliphatic rings. The molecule has 0 saturated carbocycles. The predicted octanol–water partition coefficient (Wildman–Crippen LogP) is 4.38. The Morgan fingerprint density at radius 1 is 1.28 bits per heavy atom. The number of fused-ring (bicyclic) bond motifs is 1. The third-order valence-corrected chi connectivity index (χ3v) is 7.88. The fourth-order valence-corrected chi connectivity index (χ4v) is 5.86. The van der Waals surface area contributed by atoms with Crippen molar-refractivity contribution in [2.75, 3.05) is 20.2 Å². The van der Waals surface area contributed by atoms with Crippen molar-refractivity contribution in [1.82, 2.24) is 24.6 Å². The van der Waals surface area contributed by atoms with Crippen LogP contribution in [0.2, 0.25) is 5.02 Å². The first kappa shape index (κ1) is 26.6. The number of hydrogen-bond donors (Lipinski definition) is 0. The highest BCUT2D eigenvalue weighted by Gasteiger charge is 2.55. The minimum Gasteiger partial charge on any atom is -0.447 e. The van der Waals surface area contributed by atoms with E-state index in [0.29, 0.717) is 39.6 Å². The van der Waals surface area contributed by atoms with Crippen LogP contribution in [0.5, 0.6) is 0 Å². The molecule has 0 bridgehead atoms. The molecule has 2 saturated heterocycles. The number of carbonyl (C=O) groups is 1. The second-order valence-electron chi connectivity index (χ2n) is 8.86. The number of hydrogen-bond acceptors (Lipinski definition) is 9. The number of carbonyl (C=O) groups excluding carboxylic acids is 3. The van der Waals surface area contributed by atoms with Gasteiger partial charge in [0.1, 0.15) is 24.0 Å². The van der Waals surface area contributed by atoms with Crippen LogP contribution >= 0.6 is 22.9 Å². The molecule has 10 nitrogen and oxygen atoms in total. The van der Waals surface area contributed by atoms with E-state index in [2.05, 4.69) is 10.1 Å². The number of ether oxygens (including phenoxy) is 1. The van der Waals surface area contributed by atoms with Crippen LogP contribution < -0.4 is 0 Å². The van der Waals surface area contributed by atoms with Crippen molar-refractivity contribution >= 4 is 46.6 Å². The molecular formula is C24H18ClF3N6O4S. The first-order chi connectivity index (χ1) is 18.7. The number of cyclic esters (lactones) is 1. The number of benzene rings is 1. The Kier molecular flexibility index (Phi) is 7.02. The van der Waals surface area contributed by atoms with E-state index in [9.17, 15) is 18.0 Å². The third-order valence-electron chi connectivity index (χ3n) is 6.78. The molecule has 1 spiro atoms. The zero-order valence-electron chi connectivity index (χ0n) is 20.1. The van der Waals surface area contributed by atoms with Gasteiger partial charge in [0, 0.05) is 53.1 Å². The van der Waals surface area contributed by atoms with E-state index in [1.165, 1.54) is 41.8 Å². The average molecular weight is 579 g/mol. The topological polar surface area (TPSA) is 110 Å². The molecule has 202 valence electrons. The van der Waals surface area contributed by atoms with Crippen LogP contribution in [0, 0.1) is 5.82 Å². The SMILES string of the molecule is CN1C(=O)OC[C@@]12CC1=C(c3ccn(C(F)F)n3)[C@H](c3ccc(F)cc3Cl)N=C(c3nccs3)N1C2.O=C=O. The highest BCUT2D eigenvalue weighted by molar-refractivity contribution is 7.11. The van der Waals surface area contributed by atoms with Crippen molar-refractivity contribution in [1.29, 1.82) is 0 Å². The van der Waals surface area contributed by atoms with E-state index >= 15 is 0 Å². The summed E-state index contributed by atoms with van der Waals surface area (Å²) in [7, 11) is 1.67. The highest BCUT2D eigenvalue weighted by Crippen LogP contribution is 2.50. The van der Waals surface area contributed by atoms with Crippen molar-refractivity contribution in [3.8, 4) is 0 Å². The second-order valence-corrected chi connectivity index (χ2v) is 10.2. The Hall–Kier alpha value is -4.00. The van der Waals surface area contributed by atoms with Gasteiger partial charge < -0.3 is 9.64 Å². The van der Waals surface area contributed by atoms with Gasteiger partial charge in [-0.1, -0.05) is 17.7 Å². The second kappa shape index (κ2) is 10.3. The van der Waals surface area contributed by atoms with Gasteiger partial charge in [0.2, 0.25) is 0 Å². The maximum absolute atomic E-state index is 13.9. The zero-order chi connectivity index (χ0) is 27.9. The highest BCUT2D eigenvalue weighted by atomic mass is 35.5. The molecule has 3 aliphatic heterocycles. The summed E-state index contributed by atoms with van der Waals surface area (Å²) < 4.78 is 46.7. The van der Waals surface area contributed by atoms with E-state index in [1.807, 2.05) is 10.3 Å². The number of thiazole rings is 1. The van der Waals surface area contributed by atoms with E-state index < -0.39 is 30.0 Å². The molecule has 2 aromatic heterocycles. The molecule has 39 heavy (non-hydrogen) atoms. The Morgan fingerprint density at radius 3 is 2.64 bits per heavy atom. The molecular weight excluding hydrogens is 561 g/mol. The molecule has 3 aromatic rings. The molecule has 0 N–H and O–H groups in total. The largest absolute Gasteiger partial charge is 0.447 e. The third kappa shape index (κ3) is 4.60. The van der Waals surface area contributed by atoms with Gasteiger partial charge in [-0.2, -0.15) is 23.5 Å². The number of halogens is 4. The minimum absolute atomic E-state index is 0.145. The van der Waals surface area contributed by atoms with E-state index in [4.69, 9.17) is 30.9 Å². The van der Waals surface area contributed by atoms with Gasteiger partial charge in [0.15, 0.2) is 10.8 Å². The van der Waals surface area contributed by atoms with Gasteiger partial charge in [-0.3, -0.25) is 9.89 Å². The fraction of sp³-hybridized carbons (Fsp3) is 0.292. The summed E-state index contributed by atoms with van der Waals surface area (Å²) in [4.78, 5) is 41.5. The van der Waals surface area contributed by atoms with Crippen LogP contribution in [0.1, 0.15) is 35.3 Å². The summed E-state index contributed by atoms with van der Waals surface area (Å²) in [5, 5.41) is 6.73. The molecule has 2 atom stereocenters. The van der Waals surface area contributed by atoms with Crippen molar-refractivity contribution in [2.24, 2.45) is 4.99 Å². The van der Waals surface area contributed by atoms with Gasteiger partial charge in [0.05, 0.1) is 12.2 Å². The van der Waals surface area contributed by atoms with Crippen LogP contribution in [-0.4, -0.2) is 68.4 Å².